The minimum absolute atomic E-state index is 0.244. The number of halogens is 2. The molecule has 0 amide bonds. The maximum Gasteiger partial charge on any atom is 0.144 e. The van der Waals surface area contributed by atoms with Crippen LogP contribution in [0.4, 0.5) is 8.78 Å². The molecule has 0 bridgehead atoms. The molecule has 1 rings (SSSR count). The molecule has 1 unspecified atom stereocenters. The first-order valence-electron chi connectivity index (χ1n) is 5.14. The molecule has 1 atom stereocenters. The quantitative estimate of drug-likeness (QED) is 0.606. The van der Waals surface area contributed by atoms with Crippen LogP contribution in [0.15, 0.2) is 22.6 Å². The van der Waals surface area contributed by atoms with E-state index in [1.807, 2.05) is 0 Å². The highest BCUT2D eigenvalue weighted by atomic mass is 32.2. The van der Waals surface area contributed by atoms with Crippen molar-refractivity contribution in [1.82, 2.24) is 0 Å². The third kappa shape index (κ3) is 4.44. The van der Waals surface area contributed by atoms with Crippen LogP contribution in [0.25, 0.3) is 0 Å². The zero-order chi connectivity index (χ0) is 13.1. The predicted octanol–water partition coefficient (Wildman–Crippen LogP) is 3.18. The first-order valence-corrected chi connectivity index (χ1v) is 6.25. The Morgan fingerprint density at radius 2 is 2.00 bits per heavy atom. The summed E-state index contributed by atoms with van der Waals surface area (Å²) in [7, 11) is 0. The van der Waals surface area contributed by atoms with Gasteiger partial charge in [-0.3, -0.25) is 0 Å². The maximum atomic E-state index is 13.1. The molecule has 5 heteroatoms. The van der Waals surface area contributed by atoms with Crippen LogP contribution in [-0.2, 0) is 18.0 Å². The zero-order valence-electron chi connectivity index (χ0n) is 10.0. The topological polar surface area (TPSA) is 35.4 Å². The number of benzene rings is 1. The summed E-state index contributed by atoms with van der Waals surface area (Å²) < 4.78 is 40.5. The summed E-state index contributed by atoms with van der Waals surface area (Å²) in [5.74, 6) is -0.525. The Bertz CT molecular complexity index is 415. The van der Waals surface area contributed by atoms with Gasteiger partial charge < -0.3 is 4.55 Å². The average Bonchev–Trinajstić information content (AvgIpc) is 2.23. The molecule has 0 saturated heterocycles. The van der Waals surface area contributed by atoms with Crippen molar-refractivity contribution < 1.29 is 13.3 Å². The Labute approximate surface area is 103 Å². The van der Waals surface area contributed by atoms with E-state index in [0.29, 0.717) is 5.56 Å². The van der Waals surface area contributed by atoms with Crippen molar-refractivity contribution in [2.45, 2.75) is 32.2 Å². The van der Waals surface area contributed by atoms with Crippen LogP contribution in [0.3, 0.4) is 0 Å². The molecular formula is C12H15F2NOS. The number of hydrogen-bond donors (Lipinski definition) is 0. The molecule has 0 fully saturated rings. The Hall–Kier alpha value is -0.940. The summed E-state index contributed by atoms with van der Waals surface area (Å²) in [4.78, 5) is 0. The second kappa shape index (κ2) is 5.60. The highest BCUT2D eigenvalue weighted by Crippen LogP contribution is 2.17. The first-order chi connectivity index (χ1) is 7.82. The van der Waals surface area contributed by atoms with Crippen LogP contribution in [-0.4, -0.2) is 15.5 Å². The molecule has 0 aliphatic carbocycles. The van der Waals surface area contributed by atoms with Gasteiger partial charge >= 0.3 is 0 Å². The molecule has 94 valence electrons. The molecule has 0 heterocycles. The summed E-state index contributed by atoms with van der Waals surface area (Å²) in [6.07, 6.45) is 1.31. The monoisotopic (exact) mass is 259 g/mol. The van der Waals surface area contributed by atoms with Crippen molar-refractivity contribution in [3.63, 3.8) is 0 Å². The Balaban J connectivity index is 2.88. The molecule has 0 radical (unpaired) electrons. The lowest BCUT2D eigenvalue weighted by Crippen LogP contribution is -2.25. The van der Waals surface area contributed by atoms with Crippen LogP contribution < -0.4 is 0 Å². The van der Waals surface area contributed by atoms with Crippen molar-refractivity contribution in [3.05, 3.63) is 35.1 Å². The molecule has 0 spiro atoms. The first kappa shape index (κ1) is 14.1. The van der Waals surface area contributed by atoms with Gasteiger partial charge in [-0.25, -0.2) is 8.78 Å². The lowest BCUT2D eigenvalue weighted by atomic mass is 10.1. The van der Waals surface area contributed by atoms with Gasteiger partial charge in [-0.2, -0.15) is 0 Å². The third-order valence-corrected chi connectivity index (χ3v) is 3.30. The van der Waals surface area contributed by atoms with E-state index in [0.717, 1.165) is 6.07 Å². The molecule has 0 aliphatic rings. The fourth-order valence-corrected chi connectivity index (χ4v) is 1.63. The smallest absolute Gasteiger partial charge is 0.144 e. The van der Waals surface area contributed by atoms with Crippen molar-refractivity contribution in [2.75, 3.05) is 0 Å². The van der Waals surface area contributed by atoms with Crippen LogP contribution in [0.2, 0.25) is 0 Å². The highest BCUT2D eigenvalue weighted by molar-refractivity contribution is 7.91. The fraction of sp³-hybridized carbons (Fsp3) is 0.417. The minimum Gasteiger partial charge on any atom is -0.591 e. The summed E-state index contributed by atoms with van der Waals surface area (Å²) >= 11 is -1.40. The Kier molecular flexibility index (Phi) is 4.65. The van der Waals surface area contributed by atoms with Gasteiger partial charge in [0.25, 0.3) is 0 Å². The summed E-state index contributed by atoms with van der Waals surface area (Å²) in [5.41, 5.74) is 0.656. The molecule has 1 aromatic carbocycles. The summed E-state index contributed by atoms with van der Waals surface area (Å²) in [6.45, 7) is 4.64. The predicted molar refractivity (Wildman–Crippen MR) is 66.7 cm³/mol. The van der Waals surface area contributed by atoms with E-state index in [1.165, 1.54) is 18.3 Å². The average molecular weight is 259 g/mol. The van der Waals surface area contributed by atoms with Crippen molar-refractivity contribution >= 4 is 17.6 Å². The van der Waals surface area contributed by atoms with E-state index < -0.39 is 28.6 Å². The van der Waals surface area contributed by atoms with Crippen LogP contribution in [0.1, 0.15) is 31.9 Å². The Morgan fingerprint density at radius 3 is 2.53 bits per heavy atom. The minimum atomic E-state index is -1.40. The fourth-order valence-electron chi connectivity index (χ4n) is 1.09. The number of nitrogens with zero attached hydrogens (tertiary/aromatic N) is 1. The van der Waals surface area contributed by atoms with Crippen molar-refractivity contribution in [2.24, 2.45) is 4.40 Å². The largest absolute Gasteiger partial charge is 0.591 e. The second-order valence-electron chi connectivity index (χ2n) is 4.62. The van der Waals surface area contributed by atoms with Crippen molar-refractivity contribution in [1.29, 1.82) is 0 Å². The molecular weight excluding hydrogens is 244 g/mol. The molecule has 0 N–H and O–H groups in total. The normalized spacial score (nSPS) is 14.2. The SMILES string of the molecule is CC(C)(C)[S+]([O-])N=Cc1cc(F)cc(CF)c1. The Morgan fingerprint density at radius 1 is 1.35 bits per heavy atom. The second-order valence-corrected chi connectivity index (χ2v) is 6.56. The van der Waals surface area contributed by atoms with Gasteiger partial charge in [0.05, 0.1) is 6.21 Å². The van der Waals surface area contributed by atoms with Crippen molar-refractivity contribution in [3.8, 4) is 0 Å². The maximum absolute atomic E-state index is 13.1. The molecule has 17 heavy (non-hydrogen) atoms. The van der Waals surface area contributed by atoms with Gasteiger partial charge in [-0.15, -0.1) is 0 Å². The van der Waals surface area contributed by atoms with Gasteiger partial charge in [0, 0.05) is 5.56 Å². The third-order valence-electron chi connectivity index (χ3n) is 1.96. The van der Waals surface area contributed by atoms with E-state index >= 15 is 0 Å². The van der Waals surface area contributed by atoms with Crippen LogP contribution in [0.5, 0.6) is 0 Å². The highest BCUT2D eigenvalue weighted by Gasteiger charge is 2.25. The van der Waals surface area contributed by atoms with Gasteiger partial charge in [-0.05, 0) is 44.5 Å². The van der Waals surface area contributed by atoms with E-state index in [-0.39, 0.29) is 5.56 Å². The number of alkyl halides is 1. The van der Waals surface area contributed by atoms with Gasteiger partial charge in [0.1, 0.15) is 28.6 Å². The number of hydrogen-bond acceptors (Lipinski definition) is 2. The van der Waals surface area contributed by atoms with Gasteiger partial charge in [0.2, 0.25) is 0 Å². The van der Waals surface area contributed by atoms with Gasteiger partial charge in [0.15, 0.2) is 0 Å². The molecule has 0 aliphatic heterocycles. The number of rotatable bonds is 3. The molecule has 0 saturated carbocycles. The lowest BCUT2D eigenvalue weighted by Gasteiger charge is -2.17. The van der Waals surface area contributed by atoms with E-state index in [1.54, 1.807) is 20.8 Å². The lowest BCUT2D eigenvalue weighted by molar-refractivity contribution is 0.482. The van der Waals surface area contributed by atoms with E-state index in [4.69, 9.17) is 0 Å². The zero-order valence-corrected chi connectivity index (χ0v) is 10.9. The summed E-state index contributed by atoms with van der Waals surface area (Å²) in [5, 5.41) is 0. The summed E-state index contributed by atoms with van der Waals surface area (Å²) in [6, 6.07) is 3.83. The molecule has 0 aromatic heterocycles. The standard InChI is InChI=1S/C12H15F2NOS/c1-12(2,3)17(16)15-8-10-4-9(7-13)5-11(14)6-10/h4-6,8H,7H2,1-3H3. The van der Waals surface area contributed by atoms with Gasteiger partial charge in [-0.1, -0.05) is 4.40 Å². The molecule has 2 nitrogen and oxygen atoms in total. The molecule has 1 aromatic rings. The van der Waals surface area contributed by atoms with Crippen LogP contribution in [0, 0.1) is 5.82 Å². The van der Waals surface area contributed by atoms with E-state index in [9.17, 15) is 13.3 Å². The van der Waals surface area contributed by atoms with Crippen LogP contribution >= 0.6 is 0 Å². The van der Waals surface area contributed by atoms with E-state index in [2.05, 4.69) is 4.40 Å².